The van der Waals surface area contributed by atoms with E-state index in [1.165, 1.54) is 0 Å². The van der Waals surface area contributed by atoms with Gasteiger partial charge in [-0.2, -0.15) is 0 Å². The zero-order chi connectivity index (χ0) is 7.49. The first kappa shape index (κ1) is 9.02. The Morgan fingerprint density at radius 3 is 1.89 bits per heavy atom. The van der Waals surface area contributed by atoms with Crippen molar-refractivity contribution in [1.82, 2.24) is 4.81 Å². The molecule has 0 heterocycles. The van der Waals surface area contributed by atoms with Crippen LogP contribution in [0.5, 0.6) is 0 Å². The molecule has 9 heavy (non-hydrogen) atoms. The van der Waals surface area contributed by atoms with E-state index in [0.717, 1.165) is 13.0 Å². The van der Waals surface area contributed by atoms with Crippen molar-refractivity contribution >= 4 is 7.98 Å². The van der Waals surface area contributed by atoms with E-state index in [0.29, 0.717) is 0 Å². The molecule has 0 fully saturated rings. The SMILES string of the molecule is [B]N(CC)C(C)(C)CC. The van der Waals surface area contributed by atoms with Gasteiger partial charge in [-0.1, -0.05) is 13.8 Å². The lowest BCUT2D eigenvalue weighted by molar-refractivity contribution is 0.238. The van der Waals surface area contributed by atoms with Gasteiger partial charge in [0.15, 0.2) is 7.98 Å². The van der Waals surface area contributed by atoms with Crippen molar-refractivity contribution in [1.29, 1.82) is 0 Å². The molecule has 0 atom stereocenters. The Morgan fingerprint density at radius 2 is 1.78 bits per heavy atom. The molecule has 0 unspecified atom stereocenters. The third-order valence-corrected chi connectivity index (χ3v) is 1.98. The van der Waals surface area contributed by atoms with Gasteiger partial charge in [0, 0.05) is 5.54 Å². The van der Waals surface area contributed by atoms with Crippen molar-refractivity contribution in [2.45, 2.75) is 39.7 Å². The first-order chi connectivity index (χ1) is 4.04. The molecule has 0 spiro atoms. The molecule has 0 aromatic rings. The maximum absolute atomic E-state index is 5.69. The topological polar surface area (TPSA) is 3.24 Å². The summed E-state index contributed by atoms with van der Waals surface area (Å²) in [6.45, 7) is 9.43. The molecular weight excluding hydrogens is 109 g/mol. The van der Waals surface area contributed by atoms with Crippen molar-refractivity contribution < 1.29 is 0 Å². The van der Waals surface area contributed by atoms with E-state index in [4.69, 9.17) is 7.98 Å². The highest BCUT2D eigenvalue weighted by atomic mass is 15.1. The van der Waals surface area contributed by atoms with Crippen LogP contribution in [0.3, 0.4) is 0 Å². The molecule has 0 aromatic heterocycles. The quantitative estimate of drug-likeness (QED) is 0.517. The highest BCUT2D eigenvalue weighted by molar-refractivity contribution is 6.04. The Bertz CT molecular complexity index is 81.0. The van der Waals surface area contributed by atoms with Gasteiger partial charge in [-0.3, -0.25) is 0 Å². The largest absolute Gasteiger partial charge is 0.349 e. The minimum absolute atomic E-state index is 0.161. The van der Waals surface area contributed by atoms with Crippen LogP contribution >= 0.6 is 0 Å². The summed E-state index contributed by atoms with van der Waals surface area (Å²) in [7, 11) is 5.69. The molecule has 52 valence electrons. The average molecular weight is 125 g/mol. The predicted molar refractivity (Wildman–Crippen MR) is 42.5 cm³/mol. The number of nitrogens with zero attached hydrogens (tertiary/aromatic N) is 1. The highest BCUT2D eigenvalue weighted by Crippen LogP contribution is 2.14. The van der Waals surface area contributed by atoms with Gasteiger partial charge in [0.05, 0.1) is 0 Å². The molecule has 0 saturated heterocycles. The van der Waals surface area contributed by atoms with E-state index in [-0.39, 0.29) is 5.54 Å². The van der Waals surface area contributed by atoms with Crippen LogP contribution in [0.15, 0.2) is 0 Å². The monoisotopic (exact) mass is 125 g/mol. The number of hydrogen-bond donors (Lipinski definition) is 0. The Balaban J connectivity index is 3.80. The van der Waals surface area contributed by atoms with Gasteiger partial charge < -0.3 is 4.81 Å². The molecule has 0 amide bonds. The summed E-state index contributed by atoms with van der Waals surface area (Å²) < 4.78 is 0. The zero-order valence-electron chi connectivity index (χ0n) is 6.94. The summed E-state index contributed by atoms with van der Waals surface area (Å²) in [5.74, 6) is 0. The molecule has 0 aromatic carbocycles. The van der Waals surface area contributed by atoms with Crippen LogP contribution in [0.2, 0.25) is 0 Å². The normalized spacial score (nSPS) is 12.6. The van der Waals surface area contributed by atoms with Gasteiger partial charge >= 0.3 is 0 Å². The Hall–Kier alpha value is 0.0249. The summed E-state index contributed by atoms with van der Waals surface area (Å²) in [5.41, 5.74) is 0.161. The van der Waals surface area contributed by atoms with Crippen LogP contribution in [0.25, 0.3) is 0 Å². The molecule has 0 bridgehead atoms. The second kappa shape index (κ2) is 3.26. The van der Waals surface area contributed by atoms with Crippen LogP contribution in [-0.4, -0.2) is 24.9 Å². The highest BCUT2D eigenvalue weighted by Gasteiger charge is 2.17. The number of hydrogen-bond acceptors (Lipinski definition) is 1. The standard InChI is InChI=1S/C7H16BN/c1-5-7(3,4)9(8)6-2/h5-6H2,1-4H3. The van der Waals surface area contributed by atoms with Gasteiger partial charge in [-0.25, -0.2) is 0 Å². The summed E-state index contributed by atoms with van der Waals surface area (Å²) in [6, 6.07) is 0. The molecule has 0 N–H and O–H groups in total. The lowest BCUT2D eigenvalue weighted by Crippen LogP contribution is -2.41. The lowest BCUT2D eigenvalue weighted by atomic mass is 9.96. The lowest BCUT2D eigenvalue weighted by Gasteiger charge is -2.34. The fourth-order valence-corrected chi connectivity index (χ4v) is 0.631. The molecule has 0 aliphatic heterocycles. The van der Waals surface area contributed by atoms with Gasteiger partial charge in [0.2, 0.25) is 0 Å². The molecule has 2 heteroatoms. The maximum Gasteiger partial charge on any atom is 0.183 e. The van der Waals surface area contributed by atoms with Crippen molar-refractivity contribution in [2.24, 2.45) is 0 Å². The van der Waals surface area contributed by atoms with E-state index in [1.807, 2.05) is 4.81 Å². The third kappa shape index (κ3) is 2.40. The zero-order valence-corrected chi connectivity index (χ0v) is 6.94. The smallest absolute Gasteiger partial charge is 0.183 e. The Labute approximate surface area is 59.9 Å². The van der Waals surface area contributed by atoms with E-state index >= 15 is 0 Å². The summed E-state index contributed by atoms with van der Waals surface area (Å²) in [5, 5.41) is 0. The van der Waals surface area contributed by atoms with Crippen LogP contribution in [0.4, 0.5) is 0 Å². The van der Waals surface area contributed by atoms with E-state index < -0.39 is 0 Å². The summed E-state index contributed by atoms with van der Waals surface area (Å²) in [6.07, 6.45) is 1.09. The minimum Gasteiger partial charge on any atom is -0.349 e. The maximum atomic E-state index is 5.69. The molecule has 2 radical (unpaired) electrons. The third-order valence-electron chi connectivity index (χ3n) is 1.98. The molecule has 0 aliphatic rings. The summed E-state index contributed by atoms with van der Waals surface area (Å²) in [4.78, 5) is 1.87. The fourth-order valence-electron chi connectivity index (χ4n) is 0.631. The minimum atomic E-state index is 0.161. The van der Waals surface area contributed by atoms with Gasteiger partial charge in [0.25, 0.3) is 0 Å². The van der Waals surface area contributed by atoms with E-state index in [9.17, 15) is 0 Å². The fraction of sp³-hybridized carbons (Fsp3) is 1.00. The molecular formula is C7H16BN. The van der Waals surface area contributed by atoms with Crippen LogP contribution in [0.1, 0.15) is 34.1 Å². The first-order valence-corrected chi connectivity index (χ1v) is 3.57. The van der Waals surface area contributed by atoms with Crippen molar-refractivity contribution in [3.63, 3.8) is 0 Å². The van der Waals surface area contributed by atoms with Gasteiger partial charge in [-0.15, -0.1) is 0 Å². The average Bonchev–Trinajstić information content (AvgIpc) is 1.86. The predicted octanol–water partition coefficient (Wildman–Crippen LogP) is 1.58. The van der Waals surface area contributed by atoms with Crippen molar-refractivity contribution in [3.05, 3.63) is 0 Å². The molecule has 1 nitrogen and oxygen atoms in total. The van der Waals surface area contributed by atoms with E-state index in [2.05, 4.69) is 27.7 Å². The van der Waals surface area contributed by atoms with Crippen LogP contribution in [-0.2, 0) is 0 Å². The molecule has 0 aliphatic carbocycles. The summed E-state index contributed by atoms with van der Waals surface area (Å²) >= 11 is 0. The second-order valence-electron chi connectivity index (χ2n) is 2.95. The van der Waals surface area contributed by atoms with Gasteiger partial charge in [0.1, 0.15) is 0 Å². The van der Waals surface area contributed by atoms with Crippen LogP contribution in [0, 0.1) is 0 Å². The van der Waals surface area contributed by atoms with Crippen molar-refractivity contribution in [2.75, 3.05) is 6.54 Å². The number of rotatable bonds is 3. The van der Waals surface area contributed by atoms with Crippen LogP contribution < -0.4 is 0 Å². The van der Waals surface area contributed by atoms with E-state index in [1.54, 1.807) is 0 Å². The second-order valence-corrected chi connectivity index (χ2v) is 2.95. The van der Waals surface area contributed by atoms with Gasteiger partial charge in [-0.05, 0) is 26.8 Å². The first-order valence-electron chi connectivity index (χ1n) is 3.57. The Morgan fingerprint density at radius 1 is 1.33 bits per heavy atom. The molecule has 0 saturated carbocycles. The molecule has 0 rings (SSSR count). The Kier molecular flexibility index (Phi) is 3.27. The van der Waals surface area contributed by atoms with Crippen molar-refractivity contribution in [3.8, 4) is 0 Å².